The number of benzene rings is 1. The van der Waals surface area contributed by atoms with Crippen LogP contribution in [0.1, 0.15) is 42.7 Å². The second-order valence-electron chi connectivity index (χ2n) is 5.94. The first-order valence-corrected chi connectivity index (χ1v) is 9.69. The Morgan fingerprint density at radius 2 is 1.83 bits per heavy atom. The zero-order valence-electron chi connectivity index (χ0n) is 14.8. The summed E-state index contributed by atoms with van der Waals surface area (Å²) in [6, 6.07) is 12.6. The average Bonchev–Trinajstić information content (AvgIpc) is 3.12. The second-order valence-corrected chi connectivity index (χ2v) is 6.97. The molecule has 1 heterocycles. The van der Waals surface area contributed by atoms with Gasteiger partial charge in [-0.15, -0.1) is 11.3 Å². The van der Waals surface area contributed by atoms with Gasteiger partial charge in [0.2, 0.25) is 5.91 Å². The van der Waals surface area contributed by atoms with Crippen molar-refractivity contribution in [2.75, 3.05) is 13.1 Å². The van der Waals surface area contributed by atoms with Crippen LogP contribution in [0.25, 0.3) is 0 Å². The summed E-state index contributed by atoms with van der Waals surface area (Å²) in [7, 11) is 0. The molecule has 24 heavy (non-hydrogen) atoms. The summed E-state index contributed by atoms with van der Waals surface area (Å²) >= 11 is 1.76. The number of nitrogens with zero attached hydrogens (tertiary/aromatic N) is 1. The van der Waals surface area contributed by atoms with E-state index in [1.54, 1.807) is 11.3 Å². The summed E-state index contributed by atoms with van der Waals surface area (Å²) in [4.78, 5) is 15.8. The van der Waals surface area contributed by atoms with Gasteiger partial charge < -0.3 is 5.32 Å². The highest BCUT2D eigenvalue weighted by atomic mass is 32.1. The van der Waals surface area contributed by atoms with Crippen molar-refractivity contribution in [3.8, 4) is 0 Å². The molecule has 0 aliphatic rings. The monoisotopic (exact) mass is 344 g/mol. The molecule has 0 atom stereocenters. The van der Waals surface area contributed by atoms with Crippen LogP contribution in [0.5, 0.6) is 0 Å². The molecule has 0 spiro atoms. The van der Waals surface area contributed by atoms with Crippen LogP contribution in [0.3, 0.4) is 0 Å². The van der Waals surface area contributed by atoms with E-state index in [1.807, 2.05) is 6.07 Å². The quantitative estimate of drug-likeness (QED) is 0.699. The van der Waals surface area contributed by atoms with Crippen molar-refractivity contribution >= 4 is 17.2 Å². The van der Waals surface area contributed by atoms with E-state index in [-0.39, 0.29) is 5.91 Å². The van der Waals surface area contributed by atoms with Crippen LogP contribution >= 0.6 is 11.3 Å². The van der Waals surface area contributed by atoms with Crippen LogP contribution in [-0.2, 0) is 24.3 Å². The van der Waals surface area contributed by atoms with Gasteiger partial charge in [0.05, 0.1) is 0 Å². The molecule has 0 aliphatic heterocycles. The van der Waals surface area contributed by atoms with Gasteiger partial charge in [0.1, 0.15) is 0 Å². The fourth-order valence-electron chi connectivity index (χ4n) is 2.73. The number of nitrogens with one attached hydrogen (secondary N) is 1. The molecule has 0 fully saturated rings. The van der Waals surface area contributed by atoms with E-state index in [4.69, 9.17) is 0 Å². The number of carbonyl (C=O) groups excluding carboxylic acids is 1. The van der Waals surface area contributed by atoms with Crippen molar-refractivity contribution in [3.05, 3.63) is 57.8 Å². The minimum absolute atomic E-state index is 0.143. The van der Waals surface area contributed by atoms with Crippen molar-refractivity contribution in [2.24, 2.45) is 0 Å². The van der Waals surface area contributed by atoms with Gasteiger partial charge in [-0.05, 0) is 48.5 Å². The van der Waals surface area contributed by atoms with Crippen LogP contribution in [-0.4, -0.2) is 23.9 Å². The van der Waals surface area contributed by atoms with Crippen molar-refractivity contribution in [1.82, 2.24) is 10.2 Å². The van der Waals surface area contributed by atoms with Crippen molar-refractivity contribution in [1.29, 1.82) is 0 Å². The third kappa shape index (κ3) is 6.10. The number of hydrogen-bond acceptors (Lipinski definition) is 3. The predicted molar refractivity (Wildman–Crippen MR) is 102 cm³/mol. The van der Waals surface area contributed by atoms with Crippen molar-refractivity contribution in [2.45, 2.75) is 46.2 Å². The van der Waals surface area contributed by atoms with E-state index < -0.39 is 0 Å². The number of amides is 1. The van der Waals surface area contributed by atoms with E-state index in [2.05, 4.69) is 59.8 Å². The van der Waals surface area contributed by atoms with E-state index in [9.17, 15) is 4.79 Å². The molecule has 1 aromatic carbocycles. The SMILES string of the molecule is CCN(CC)Cc1ccccc1CNC(=O)CCCc1cccs1. The first-order valence-electron chi connectivity index (χ1n) is 8.81. The normalized spacial score (nSPS) is 11.0. The first-order chi connectivity index (χ1) is 11.7. The van der Waals surface area contributed by atoms with Gasteiger partial charge in [0.15, 0.2) is 0 Å². The Bertz CT molecular complexity index is 606. The van der Waals surface area contributed by atoms with E-state index >= 15 is 0 Å². The van der Waals surface area contributed by atoms with Gasteiger partial charge in [0.25, 0.3) is 0 Å². The Balaban J connectivity index is 1.79. The van der Waals surface area contributed by atoms with Crippen LogP contribution in [0.4, 0.5) is 0 Å². The minimum atomic E-state index is 0.143. The summed E-state index contributed by atoms with van der Waals surface area (Å²) in [6.07, 6.45) is 2.49. The first kappa shape index (κ1) is 18.7. The molecule has 130 valence electrons. The summed E-state index contributed by atoms with van der Waals surface area (Å²) in [5.41, 5.74) is 2.52. The Morgan fingerprint density at radius 1 is 1.08 bits per heavy atom. The van der Waals surface area contributed by atoms with Gasteiger partial charge in [-0.25, -0.2) is 0 Å². The van der Waals surface area contributed by atoms with E-state index in [1.165, 1.54) is 16.0 Å². The van der Waals surface area contributed by atoms with Crippen LogP contribution in [0.2, 0.25) is 0 Å². The molecule has 1 amide bonds. The number of aryl methyl sites for hydroxylation is 1. The molecule has 3 nitrogen and oxygen atoms in total. The molecule has 0 saturated heterocycles. The molecule has 1 N–H and O–H groups in total. The van der Waals surface area contributed by atoms with Gasteiger partial charge in [-0.2, -0.15) is 0 Å². The summed E-state index contributed by atoms with van der Waals surface area (Å²) in [5.74, 6) is 0.143. The molecule has 0 bridgehead atoms. The maximum atomic E-state index is 12.1. The molecule has 0 radical (unpaired) electrons. The number of rotatable bonds is 10. The Kier molecular flexibility index (Phi) is 7.99. The van der Waals surface area contributed by atoms with Crippen molar-refractivity contribution < 1.29 is 4.79 Å². The molecule has 0 aliphatic carbocycles. The van der Waals surface area contributed by atoms with Crippen LogP contribution < -0.4 is 5.32 Å². The van der Waals surface area contributed by atoms with E-state index in [0.29, 0.717) is 13.0 Å². The Hall–Kier alpha value is -1.65. The predicted octanol–water partition coefficient (Wildman–Crippen LogP) is 4.23. The fourth-order valence-corrected chi connectivity index (χ4v) is 3.48. The smallest absolute Gasteiger partial charge is 0.220 e. The average molecular weight is 345 g/mol. The molecule has 1 aromatic heterocycles. The maximum Gasteiger partial charge on any atom is 0.220 e. The molecular weight excluding hydrogens is 316 g/mol. The van der Waals surface area contributed by atoms with Crippen LogP contribution in [0, 0.1) is 0 Å². The lowest BCUT2D eigenvalue weighted by atomic mass is 10.1. The zero-order valence-corrected chi connectivity index (χ0v) is 15.6. The third-order valence-corrected chi connectivity index (χ3v) is 5.23. The summed E-state index contributed by atoms with van der Waals surface area (Å²) < 4.78 is 0. The summed E-state index contributed by atoms with van der Waals surface area (Å²) in [6.45, 7) is 8.01. The Morgan fingerprint density at radius 3 is 2.50 bits per heavy atom. The topological polar surface area (TPSA) is 32.3 Å². The van der Waals surface area contributed by atoms with Crippen LogP contribution in [0.15, 0.2) is 41.8 Å². The highest BCUT2D eigenvalue weighted by Crippen LogP contribution is 2.13. The largest absolute Gasteiger partial charge is 0.352 e. The molecular formula is C20H28N2OS. The van der Waals surface area contributed by atoms with Gasteiger partial charge >= 0.3 is 0 Å². The lowest BCUT2D eigenvalue weighted by molar-refractivity contribution is -0.121. The summed E-state index contributed by atoms with van der Waals surface area (Å²) in [5, 5.41) is 5.16. The maximum absolute atomic E-state index is 12.1. The third-order valence-electron chi connectivity index (χ3n) is 4.29. The number of thiophene rings is 1. The van der Waals surface area contributed by atoms with Gasteiger partial charge in [-0.3, -0.25) is 9.69 Å². The highest BCUT2D eigenvalue weighted by Gasteiger charge is 2.08. The molecule has 0 unspecified atom stereocenters. The number of carbonyl (C=O) groups is 1. The molecule has 2 aromatic rings. The second kappa shape index (κ2) is 10.3. The minimum Gasteiger partial charge on any atom is -0.352 e. The van der Waals surface area contributed by atoms with Gasteiger partial charge in [0, 0.05) is 24.4 Å². The zero-order chi connectivity index (χ0) is 17.2. The highest BCUT2D eigenvalue weighted by molar-refractivity contribution is 7.09. The standard InChI is InChI=1S/C20H28N2OS/c1-3-22(4-2)16-18-10-6-5-9-17(18)15-21-20(23)13-7-11-19-12-8-14-24-19/h5-6,8-10,12,14H,3-4,7,11,13,15-16H2,1-2H3,(H,21,23). The van der Waals surface area contributed by atoms with Gasteiger partial charge in [-0.1, -0.05) is 44.2 Å². The molecule has 2 rings (SSSR count). The lowest BCUT2D eigenvalue weighted by Crippen LogP contribution is -2.26. The molecule has 0 saturated carbocycles. The van der Waals surface area contributed by atoms with E-state index in [0.717, 1.165) is 32.5 Å². The Labute approximate surface area is 149 Å². The fraction of sp³-hybridized carbons (Fsp3) is 0.450. The molecule has 4 heteroatoms. The lowest BCUT2D eigenvalue weighted by Gasteiger charge is -2.20. The number of hydrogen-bond donors (Lipinski definition) is 1. The van der Waals surface area contributed by atoms with Crippen molar-refractivity contribution in [3.63, 3.8) is 0 Å².